The first-order valence-electron chi connectivity index (χ1n) is 27.1. The van der Waals surface area contributed by atoms with Gasteiger partial charge in [0.1, 0.15) is 0 Å². The van der Waals surface area contributed by atoms with Crippen LogP contribution in [0, 0.1) is 0 Å². The smallest absolute Gasteiger partial charge is 0.220 e. The van der Waals surface area contributed by atoms with Gasteiger partial charge in [0.15, 0.2) is 0 Å². The average molecular weight is 830 g/mol. The molecule has 0 aromatic heterocycles. The summed E-state index contributed by atoms with van der Waals surface area (Å²) in [7, 11) is 0. The van der Waals surface area contributed by atoms with Crippen LogP contribution in [0.5, 0.6) is 0 Å². The van der Waals surface area contributed by atoms with E-state index in [0.717, 1.165) is 25.7 Å². The molecular weight excluding hydrogens is 723 g/mol. The van der Waals surface area contributed by atoms with Crippen molar-refractivity contribution in [1.82, 2.24) is 5.32 Å². The molecule has 350 valence electrons. The number of hydrogen-bond acceptors (Lipinski definition) is 3. The fraction of sp³-hybridized carbons (Fsp3) is 0.909. The summed E-state index contributed by atoms with van der Waals surface area (Å²) in [6.45, 7) is 4.31. The molecule has 0 saturated heterocycles. The fourth-order valence-electron chi connectivity index (χ4n) is 8.53. The number of aliphatic hydroxyl groups is 2. The van der Waals surface area contributed by atoms with E-state index in [1.807, 2.05) is 6.08 Å². The van der Waals surface area contributed by atoms with Crippen LogP contribution in [0.25, 0.3) is 0 Å². The molecule has 0 saturated carbocycles. The number of carbonyl (C=O) groups is 1. The first kappa shape index (κ1) is 57.9. The summed E-state index contributed by atoms with van der Waals surface area (Å²) in [6.07, 6.45) is 67.9. The van der Waals surface area contributed by atoms with E-state index < -0.39 is 12.1 Å². The molecule has 59 heavy (non-hydrogen) atoms. The number of rotatable bonds is 50. The molecule has 0 fully saturated rings. The predicted molar refractivity (Wildman–Crippen MR) is 262 cm³/mol. The topological polar surface area (TPSA) is 69.6 Å². The Bertz CT molecular complexity index is 855. The van der Waals surface area contributed by atoms with Gasteiger partial charge in [-0.1, -0.05) is 276 Å². The summed E-state index contributed by atoms with van der Waals surface area (Å²) in [4.78, 5) is 12.4. The van der Waals surface area contributed by atoms with Gasteiger partial charge in [0, 0.05) is 6.42 Å². The molecule has 2 unspecified atom stereocenters. The summed E-state index contributed by atoms with van der Waals surface area (Å²) in [5.74, 6) is -0.0615. The van der Waals surface area contributed by atoms with Crippen LogP contribution < -0.4 is 5.32 Å². The maximum absolute atomic E-state index is 12.4. The van der Waals surface area contributed by atoms with E-state index in [4.69, 9.17) is 0 Å². The summed E-state index contributed by atoms with van der Waals surface area (Å²) < 4.78 is 0. The minimum absolute atomic E-state index is 0.0615. The standard InChI is InChI=1S/C55H107NO3/c1-3-5-7-9-11-13-15-16-17-18-19-20-21-22-23-24-25-26-27-28-29-30-31-32-33-34-35-36-37-38-39-40-41-43-45-47-49-51-55(59)56-53(52-57)54(58)50-48-46-44-42-14-12-10-8-6-4-2/h26-27,48,50,53-54,57-58H,3-25,28-47,49,51-52H2,1-2H3,(H,56,59)/b27-26-,50-48+. The monoisotopic (exact) mass is 830 g/mol. The number of amides is 1. The van der Waals surface area contributed by atoms with Crippen molar-refractivity contribution in [2.45, 2.75) is 315 Å². The Balaban J connectivity index is 3.36. The SMILES string of the molecule is CCCCCCCCCC/C=C/C(O)C(CO)NC(=O)CCCCCCCCCCCCCCCCCCC/C=C\CCCCCCCCCCCCCCCCCC. The van der Waals surface area contributed by atoms with Crippen LogP contribution in [0.15, 0.2) is 24.3 Å². The number of unbranched alkanes of at least 4 members (excludes halogenated alkanes) is 41. The van der Waals surface area contributed by atoms with Gasteiger partial charge in [0.25, 0.3) is 0 Å². The number of hydrogen-bond donors (Lipinski definition) is 3. The molecule has 1 amide bonds. The number of allylic oxidation sites excluding steroid dienone is 3. The maximum Gasteiger partial charge on any atom is 0.220 e. The van der Waals surface area contributed by atoms with Gasteiger partial charge in [-0.2, -0.15) is 0 Å². The van der Waals surface area contributed by atoms with E-state index in [0.29, 0.717) is 6.42 Å². The molecule has 0 rings (SSSR count). The number of nitrogens with one attached hydrogen (secondary N) is 1. The summed E-state index contributed by atoms with van der Waals surface area (Å²) >= 11 is 0. The third-order valence-electron chi connectivity index (χ3n) is 12.7. The van der Waals surface area contributed by atoms with E-state index in [2.05, 4.69) is 31.3 Å². The average Bonchev–Trinajstić information content (AvgIpc) is 3.24. The largest absolute Gasteiger partial charge is 0.394 e. The maximum atomic E-state index is 12.4. The Labute approximate surface area is 370 Å². The van der Waals surface area contributed by atoms with Gasteiger partial charge in [0.05, 0.1) is 18.8 Å². The minimum Gasteiger partial charge on any atom is -0.394 e. The zero-order valence-electron chi connectivity index (χ0n) is 40.3. The van der Waals surface area contributed by atoms with Crippen molar-refractivity contribution >= 4 is 5.91 Å². The Morgan fingerprint density at radius 1 is 0.390 bits per heavy atom. The van der Waals surface area contributed by atoms with Gasteiger partial charge in [-0.15, -0.1) is 0 Å². The van der Waals surface area contributed by atoms with Crippen LogP contribution in [0.2, 0.25) is 0 Å². The van der Waals surface area contributed by atoms with E-state index in [9.17, 15) is 15.0 Å². The van der Waals surface area contributed by atoms with Crippen LogP contribution in [0.1, 0.15) is 303 Å². The third-order valence-corrected chi connectivity index (χ3v) is 12.7. The lowest BCUT2D eigenvalue weighted by Gasteiger charge is -2.20. The zero-order valence-corrected chi connectivity index (χ0v) is 40.3. The van der Waals surface area contributed by atoms with Crippen LogP contribution in [-0.2, 0) is 4.79 Å². The summed E-state index contributed by atoms with van der Waals surface area (Å²) in [6, 6.07) is -0.617. The van der Waals surface area contributed by atoms with Crippen LogP contribution in [0.3, 0.4) is 0 Å². The first-order valence-corrected chi connectivity index (χ1v) is 27.1. The Morgan fingerprint density at radius 2 is 0.644 bits per heavy atom. The van der Waals surface area contributed by atoms with Crippen LogP contribution >= 0.6 is 0 Å². The molecule has 0 aliphatic rings. The van der Waals surface area contributed by atoms with Crippen molar-refractivity contribution in [2.75, 3.05) is 6.61 Å². The Hall–Kier alpha value is -1.13. The fourth-order valence-corrected chi connectivity index (χ4v) is 8.53. The van der Waals surface area contributed by atoms with Gasteiger partial charge in [0.2, 0.25) is 5.91 Å². The van der Waals surface area contributed by atoms with Crippen LogP contribution in [-0.4, -0.2) is 34.9 Å². The molecule has 0 radical (unpaired) electrons. The molecular formula is C55H107NO3. The second kappa shape index (κ2) is 51.2. The number of aliphatic hydroxyl groups excluding tert-OH is 2. The minimum atomic E-state index is -0.834. The van der Waals surface area contributed by atoms with Gasteiger partial charge in [-0.3, -0.25) is 4.79 Å². The second-order valence-electron chi connectivity index (χ2n) is 18.7. The molecule has 2 atom stereocenters. The molecule has 0 heterocycles. The molecule has 4 heteroatoms. The third kappa shape index (κ3) is 47.8. The highest BCUT2D eigenvalue weighted by atomic mass is 16.3. The molecule has 0 bridgehead atoms. The van der Waals surface area contributed by atoms with Crippen molar-refractivity contribution in [3.05, 3.63) is 24.3 Å². The van der Waals surface area contributed by atoms with Crippen molar-refractivity contribution in [1.29, 1.82) is 0 Å². The molecule has 3 N–H and O–H groups in total. The zero-order chi connectivity index (χ0) is 42.8. The highest BCUT2D eigenvalue weighted by Crippen LogP contribution is 2.17. The van der Waals surface area contributed by atoms with Crippen LogP contribution in [0.4, 0.5) is 0 Å². The Kier molecular flexibility index (Phi) is 50.2. The van der Waals surface area contributed by atoms with Crippen molar-refractivity contribution < 1.29 is 15.0 Å². The summed E-state index contributed by atoms with van der Waals surface area (Å²) in [5.41, 5.74) is 0. The highest BCUT2D eigenvalue weighted by molar-refractivity contribution is 5.76. The highest BCUT2D eigenvalue weighted by Gasteiger charge is 2.18. The van der Waals surface area contributed by atoms with E-state index in [1.165, 1.54) is 257 Å². The van der Waals surface area contributed by atoms with Crippen molar-refractivity contribution in [3.63, 3.8) is 0 Å². The lowest BCUT2D eigenvalue weighted by Crippen LogP contribution is -2.45. The lowest BCUT2D eigenvalue weighted by molar-refractivity contribution is -0.123. The first-order chi connectivity index (χ1) is 29.2. The molecule has 0 spiro atoms. The van der Waals surface area contributed by atoms with E-state index in [1.54, 1.807) is 6.08 Å². The van der Waals surface area contributed by atoms with Gasteiger partial charge < -0.3 is 15.5 Å². The molecule has 0 aliphatic heterocycles. The van der Waals surface area contributed by atoms with E-state index in [-0.39, 0.29) is 12.5 Å². The molecule has 4 nitrogen and oxygen atoms in total. The number of carbonyl (C=O) groups excluding carboxylic acids is 1. The second-order valence-corrected chi connectivity index (χ2v) is 18.7. The van der Waals surface area contributed by atoms with Gasteiger partial charge >= 0.3 is 0 Å². The summed E-state index contributed by atoms with van der Waals surface area (Å²) in [5, 5.41) is 23.0. The Morgan fingerprint density at radius 3 is 0.932 bits per heavy atom. The van der Waals surface area contributed by atoms with Gasteiger partial charge in [-0.25, -0.2) is 0 Å². The predicted octanol–water partition coefficient (Wildman–Crippen LogP) is 17.5. The normalized spacial score (nSPS) is 12.9. The molecule has 0 aromatic rings. The molecule has 0 aromatic carbocycles. The van der Waals surface area contributed by atoms with E-state index >= 15 is 0 Å². The molecule has 0 aliphatic carbocycles. The lowest BCUT2D eigenvalue weighted by atomic mass is 10.0. The van der Waals surface area contributed by atoms with Crippen molar-refractivity contribution in [3.8, 4) is 0 Å². The van der Waals surface area contributed by atoms with Gasteiger partial charge in [-0.05, 0) is 44.9 Å². The van der Waals surface area contributed by atoms with Crippen molar-refractivity contribution in [2.24, 2.45) is 0 Å². The quantitative estimate of drug-likeness (QED) is 0.0422.